The zero-order chi connectivity index (χ0) is 12.5. The minimum Gasteiger partial charge on any atom is -0.505 e. The van der Waals surface area contributed by atoms with Gasteiger partial charge in [0, 0.05) is 0 Å². The van der Waals surface area contributed by atoms with Crippen molar-refractivity contribution in [2.45, 2.75) is 12.6 Å². The van der Waals surface area contributed by atoms with Crippen molar-refractivity contribution in [2.24, 2.45) is 0 Å². The van der Waals surface area contributed by atoms with Gasteiger partial charge in [-0.25, -0.2) is 13.8 Å². The molecule has 3 nitrogen and oxygen atoms in total. The van der Waals surface area contributed by atoms with Crippen molar-refractivity contribution < 1.29 is 27.1 Å². The Labute approximate surface area is 85.8 Å². The van der Waals surface area contributed by atoms with Crippen molar-refractivity contribution in [2.75, 3.05) is 0 Å². The van der Waals surface area contributed by atoms with Crippen molar-refractivity contribution in [1.82, 2.24) is 4.98 Å². The Balaban J connectivity index is 3.48. The van der Waals surface area contributed by atoms with E-state index in [1.165, 1.54) is 6.07 Å². The molecule has 1 heterocycles. The molecule has 0 bridgehead atoms. The van der Waals surface area contributed by atoms with Crippen molar-refractivity contribution >= 4 is 0 Å². The maximum Gasteiger partial charge on any atom is 0.433 e. The van der Waals surface area contributed by atoms with Crippen LogP contribution in [0, 0.1) is 11.3 Å². The zero-order valence-electron chi connectivity index (χ0n) is 7.39. The monoisotopic (exact) mass is 238 g/mol. The van der Waals surface area contributed by atoms with Crippen LogP contribution in [0.25, 0.3) is 0 Å². The van der Waals surface area contributed by atoms with Crippen LogP contribution in [0.4, 0.5) is 22.0 Å². The Morgan fingerprint density at radius 1 is 1.38 bits per heavy atom. The van der Waals surface area contributed by atoms with Crippen LogP contribution in [0.1, 0.15) is 23.4 Å². The molecule has 0 spiro atoms. The molecule has 0 aliphatic rings. The summed E-state index contributed by atoms with van der Waals surface area (Å²) in [5, 5.41) is 17.4. The SMILES string of the molecule is N#Cc1cc(C(F)(F)F)nc(C(F)F)c1O. The summed E-state index contributed by atoms with van der Waals surface area (Å²) in [6.07, 6.45) is -8.35. The highest BCUT2D eigenvalue weighted by Crippen LogP contribution is 2.35. The molecular weight excluding hydrogens is 235 g/mol. The number of nitrogens with zero attached hydrogens (tertiary/aromatic N) is 2. The topological polar surface area (TPSA) is 56.9 Å². The van der Waals surface area contributed by atoms with Crippen LogP contribution in [0.15, 0.2) is 6.07 Å². The Morgan fingerprint density at radius 2 is 1.94 bits per heavy atom. The Morgan fingerprint density at radius 3 is 2.31 bits per heavy atom. The summed E-state index contributed by atoms with van der Waals surface area (Å²) in [7, 11) is 0. The molecule has 0 saturated carbocycles. The summed E-state index contributed by atoms with van der Waals surface area (Å²) in [5.41, 5.74) is -3.99. The van der Waals surface area contributed by atoms with Gasteiger partial charge in [-0.3, -0.25) is 0 Å². The normalized spacial score (nSPS) is 11.6. The number of hydrogen-bond donors (Lipinski definition) is 1. The average Bonchev–Trinajstić information content (AvgIpc) is 2.15. The molecule has 0 saturated heterocycles. The van der Waals surface area contributed by atoms with Gasteiger partial charge in [0.1, 0.15) is 17.5 Å². The van der Waals surface area contributed by atoms with Gasteiger partial charge >= 0.3 is 6.18 Å². The predicted octanol–water partition coefficient (Wildman–Crippen LogP) is 2.62. The molecule has 0 aromatic carbocycles. The molecule has 1 rings (SSSR count). The summed E-state index contributed by atoms with van der Waals surface area (Å²) >= 11 is 0. The Hall–Kier alpha value is -1.91. The minimum atomic E-state index is -4.96. The van der Waals surface area contributed by atoms with Gasteiger partial charge in [-0.15, -0.1) is 0 Å². The summed E-state index contributed by atoms with van der Waals surface area (Å²) in [5.74, 6) is -1.23. The van der Waals surface area contributed by atoms with Crippen LogP contribution in [0.3, 0.4) is 0 Å². The third-order valence-electron chi connectivity index (χ3n) is 1.64. The van der Waals surface area contributed by atoms with E-state index in [0.717, 1.165) is 0 Å². The number of hydrogen-bond acceptors (Lipinski definition) is 3. The number of nitriles is 1. The van der Waals surface area contributed by atoms with Crippen LogP contribution in [0.2, 0.25) is 0 Å². The summed E-state index contributed by atoms with van der Waals surface area (Å²) in [6, 6.07) is 1.39. The van der Waals surface area contributed by atoms with Crippen molar-refractivity contribution in [3.8, 4) is 11.8 Å². The van der Waals surface area contributed by atoms with E-state index in [2.05, 4.69) is 4.98 Å². The van der Waals surface area contributed by atoms with Gasteiger partial charge in [0.15, 0.2) is 5.75 Å². The first-order valence-corrected chi connectivity index (χ1v) is 3.76. The molecule has 0 unspecified atom stereocenters. The summed E-state index contributed by atoms with van der Waals surface area (Å²) < 4.78 is 61.0. The maximum atomic E-state index is 12.2. The lowest BCUT2D eigenvalue weighted by Gasteiger charge is -2.10. The maximum absolute atomic E-state index is 12.2. The van der Waals surface area contributed by atoms with E-state index in [-0.39, 0.29) is 6.07 Å². The van der Waals surface area contributed by atoms with Gasteiger partial charge in [0.2, 0.25) is 0 Å². The van der Waals surface area contributed by atoms with Crippen molar-refractivity contribution in [1.29, 1.82) is 5.26 Å². The largest absolute Gasteiger partial charge is 0.505 e. The number of pyridine rings is 1. The quantitative estimate of drug-likeness (QED) is 0.765. The van der Waals surface area contributed by atoms with Crippen LogP contribution in [0.5, 0.6) is 5.75 Å². The van der Waals surface area contributed by atoms with E-state index in [9.17, 15) is 22.0 Å². The molecule has 8 heteroatoms. The number of aromatic hydroxyl groups is 1. The highest BCUT2D eigenvalue weighted by molar-refractivity contribution is 5.46. The predicted molar refractivity (Wildman–Crippen MR) is 40.6 cm³/mol. The molecule has 1 aromatic heterocycles. The highest BCUT2D eigenvalue weighted by atomic mass is 19.4. The molecule has 0 aliphatic carbocycles. The number of rotatable bonds is 1. The van der Waals surface area contributed by atoms with E-state index in [1.807, 2.05) is 0 Å². The van der Waals surface area contributed by atoms with Crippen molar-refractivity contribution in [3.63, 3.8) is 0 Å². The van der Waals surface area contributed by atoms with Gasteiger partial charge in [0.05, 0.1) is 5.56 Å². The van der Waals surface area contributed by atoms with Gasteiger partial charge < -0.3 is 5.11 Å². The van der Waals surface area contributed by atoms with Gasteiger partial charge in [-0.05, 0) is 6.07 Å². The standard InChI is InChI=1S/C8H3F5N2O/c9-7(10)5-6(16)3(2-14)1-4(15-5)8(11,12)13/h1,7,16H. The van der Waals surface area contributed by atoms with Crippen molar-refractivity contribution in [3.05, 3.63) is 23.0 Å². The molecule has 1 N–H and O–H groups in total. The molecular formula is C8H3F5N2O. The lowest BCUT2D eigenvalue weighted by atomic mass is 10.1. The average molecular weight is 238 g/mol. The molecule has 1 aromatic rings. The fourth-order valence-corrected chi connectivity index (χ4v) is 0.941. The first kappa shape index (κ1) is 12.2. The van der Waals surface area contributed by atoms with E-state index in [1.54, 1.807) is 0 Å². The molecule has 0 radical (unpaired) electrons. The second-order valence-corrected chi connectivity index (χ2v) is 2.70. The number of halogens is 5. The Kier molecular flexibility index (Phi) is 2.98. The Bertz CT molecular complexity index is 449. The van der Waals surface area contributed by atoms with Gasteiger partial charge in [-0.1, -0.05) is 0 Å². The lowest BCUT2D eigenvalue weighted by molar-refractivity contribution is -0.141. The third kappa shape index (κ3) is 2.18. The van der Waals surface area contributed by atoms with Crippen LogP contribution in [-0.2, 0) is 6.18 Å². The highest BCUT2D eigenvalue weighted by Gasteiger charge is 2.35. The fourth-order valence-electron chi connectivity index (χ4n) is 0.941. The second-order valence-electron chi connectivity index (χ2n) is 2.70. The van der Waals surface area contributed by atoms with Crippen LogP contribution >= 0.6 is 0 Å². The van der Waals surface area contributed by atoms with Crippen LogP contribution in [-0.4, -0.2) is 10.1 Å². The van der Waals surface area contributed by atoms with E-state index in [4.69, 9.17) is 10.4 Å². The lowest BCUT2D eigenvalue weighted by Crippen LogP contribution is -2.10. The molecule has 16 heavy (non-hydrogen) atoms. The first-order valence-electron chi connectivity index (χ1n) is 3.76. The third-order valence-corrected chi connectivity index (χ3v) is 1.64. The molecule has 86 valence electrons. The van der Waals surface area contributed by atoms with Gasteiger partial charge in [-0.2, -0.15) is 18.4 Å². The second kappa shape index (κ2) is 3.92. The molecule has 0 aliphatic heterocycles. The summed E-state index contributed by atoms with van der Waals surface area (Å²) in [6.45, 7) is 0. The number of aromatic nitrogens is 1. The first-order chi connectivity index (χ1) is 7.27. The molecule has 0 amide bonds. The molecule has 0 atom stereocenters. The fraction of sp³-hybridized carbons (Fsp3) is 0.250. The number of alkyl halides is 5. The zero-order valence-corrected chi connectivity index (χ0v) is 7.39. The van der Waals surface area contributed by atoms with E-state index in [0.29, 0.717) is 0 Å². The smallest absolute Gasteiger partial charge is 0.433 e. The summed E-state index contributed by atoms with van der Waals surface area (Å²) in [4.78, 5) is 2.58. The van der Waals surface area contributed by atoms with E-state index >= 15 is 0 Å². The van der Waals surface area contributed by atoms with Crippen LogP contribution < -0.4 is 0 Å². The van der Waals surface area contributed by atoms with Gasteiger partial charge in [0.25, 0.3) is 6.43 Å². The van der Waals surface area contributed by atoms with E-state index < -0.39 is 35.3 Å². The molecule has 0 fully saturated rings. The minimum absolute atomic E-state index is 0.210.